The number of carbonyl (C=O) groups excluding carboxylic acids is 2. The Balaban J connectivity index is 1.86. The van der Waals surface area contributed by atoms with Crippen LogP contribution in [0, 0.1) is 0 Å². The molecule has 3 rings (SSSR count). The van der Waals surface area contributed by atoms with Gasteiger partial charge in [-0.15, -0.1) is 0 Å². The topological polar surface area (TPSA) is 68.3 Å². The van der Waals surface area contributed by atoms with Crippen molar-refractivity contribution in [2.24, 2.45) is 0 Å². The Kier molecular flexibility index (Phi) is 5.81. The Morgan fingerprint density at radius 2 is 1.72 bits per heavy atom. The molecule has 0 radical (unpaired) electrons. The average Bonchev–Trinajstić information content (AvgIpc) is 2.72. The van der Waals surface area contributed by atoms with Gasteiger partial charge in [0.1, 0.15) is 6.04 Å². The molecule has 8 heteroatoms. The number of methoxy groups -OCH3 is 1. The van der Waals surface area contributed by atoms with Crippen LogP contribution in [-0.2, 0) is 22.1 Å². The molecule has 1 amide bonds. The summed E-state index contributed by atoms with van der Waals surface area (Å²) < 4.78 is 44.3. The fourth-order valence-electron chi connectivity index (χ4n) is 2.93. The van der Waals surface area contributed by atoms with Crippen molar-refractivity contribution < 1.29 is 27.5 Å². The Morgan fingerprint density at radius 3 is 2.45 bits per heavy atom. The third kappa shape index (κ3) is 4.71. The zero-order valence-corrected chi connectivity index (χ0v) is 15.4. The van der Waals surface area contributed by atoms with E-state index in [4.69, 9.17) is 4.74 Å². The molecule has 0 saturated carbocycles. The molecule has 0 aliphatic heterocycles. The van der Waals surface area contributed by atoms with Crippen molar-refractivity contribution in [2.45, 2.75) is 18.6 Å². The quantitative estimate of drug-likeness (QED) is 0.660. The van der Waals surface area contributed by atoms with Gasteiger partial charge in [0.2, 0.25) is 0 Å². The number of halogens is 3. The standard InChI is InChI=1S/C21H17F3N2O3/c1-29-20(28)18(12-14-11-10-13-6-2-5-9-17(13)25-14)26-19(27)15-7-3-4-8-16(15)21(22,23)24/h2-11,18H,12H2,1H3,(H,26,27)/t18-/m1/s1. The Labute approximate surface area is 164 Å². The summed E-state index contributed by atoms with van der Waals surface area (Å²) in [5, 5.41) is 3.24. The maximum atomic E-state index is 13.2. The Hall–Kier alpha value is -3.42. The molecule has 0 spiro atoms. The van der Waals surface area contributed by atoms with Gasteiger partial charge < -0.3 is 10.1 Å². The largest absolute Gasteiger partial charge is 0.467 e. The molecule has 0 aliphatic rings. The van der Waals surface area contributed by atoms with Crippen LogP contribution in [0.3, 0.4) is 0 Å². The molecule has 2 aromatic carbocycles. The number of nitrogens with zero attached hydrogens (tertiary/aromatic N) is 1. The third-order valence-corrected chi connectivity index (χ3v) is 4.34. The molecule has 1 N–H and O–H groups in total. The maximum Gasteiger partial charge on any atom is 0.417 e. The number of fused-ring (bicyclic) bond motifs is 1. The minimum Gasteiger partial charge on any atom is -0.467 e. The highest BCUT2D eigenvalue weighted by Crippen LogP contribution is 2.31. The molecule has 0 saturated heterocycles. The summed E-state index contributed by atoms with van der Waals surface area (Å²) in [5.74, 6) is -1.80. The average molecular weight is 402 g/mol. The number of aromatic nitrogens is 1. The fraction of sp³-hybridized carbons (Fsp3) is 0.190. The smallest absolute Gasteiger partial charge is 0.417 e. The van der Waals surface area contributed by atoms with Crippen LogP contribution >= 0.6 is 0 Å². The lowest BCUT2D eigenvalue weighted by molar-refractivity contribution is -0.142. The van der Waals surface area contributed by atoms with Crippen LogP contribution < -0.4 is 5.32 Å². The van der Waals surface area contributed by atoms with Gasteiger partial charge in [0.15, 0.2) is 0 Å². The summed E-state index contributed by atoms with van der Waals surface area (Å²) in [7, 11) is 1.14. The van der Waals surface area contributed by atoms with E-state index < -0.39 is 35.2 Å². The molecule has 0 bridgehead atoms. The first kappa shape index (κ1) is 20.3. The molecule has 1 aromatic heterocycles. The minimum absolute atomic E-state index is 0.0303. The Morgan fingerprint density at radius 1 is 1.03 bits per heavy atom. The van der Waals surface area contributed by atoms with Crippen LogP contribution in [0.25, 0.3) is 10.9 Å². The molecule has 1 heterocycles. The summed E-state index contributed by atoms with van der Waals surface area (Å²) in [6.45, 7) is 0. The van der Waals surface area contributed by atoms with Gasteiger partial charge in [-0.1, -0.05) is 36.4 Å². The van der Waals surface area contributed by atoms with Gasteiger partial charge in [-0.05, 0) is 24.3 Å². The van der Waals surface area contributed by atoms with E-state index in [2.05, 4.69) is 10.3 Å². The number of para-hydroxylation sites is 1. The van der Waals surface area contributed by atoms with E-state index in [1.54, 1.807) is 12.1 Å². The number of benzene rings is 2. The van der Waals surface area contributed by atoms with Crippen LogP contribution in [0.4, 0.5) is 13.2 Å². The minimum atomic E-state index is -4.70. The SMILES string of the molecule is COC(=O)[C@@H](Cc1ccc2ccccc2n1)NC(=O)c1ccccc1C(F)(F)F. The van der Waals surface area contributed by atoms with Gasteiger partial charge >= 0.3 is 12.1 Å². The number of alkyl halides is 3. The van der Waals surface area contributed by atoms with E-state index >= 15 is 0 Å². The lowest BCUT2D eigenvalue weighted by atomic mass is 10.0. The Bertz CT molecular complexity index is 1050. The molecule has 150 valence electrons. The van der Waals surface area contributed by atoms with E-state index in [9.17, 15) is 22.8 Å². The monoisotopic (exact) mass is 402 g/mol. The molecule has 29 heavy (non-hydrogen) atoms. The van der Waals surface area contributed by atoms with E-state index in [0.29, 0.717) is 11.2 Å². The van der Waals surface area contributed by atoms with Gasteiger partial charge in [0, 0.05) is 17.5 Å². The predicted octanol–water partition coefficient (Wildman–Crippen LogP) is 3.77. The van der Waals surface area contributed by atoms with Crippen molar-refractivity contribution in [3.63, 3.8) is 0 Å². The molecule has 0 aliphatic carbocycles. The zero-order valence-electron chi connectivity index (χ0n) is 15.4. The molecule has 0 fully saturated rings. The number of hydrogen-bond acceptors (Lipinski definition) is 4. The second kappa shape index (κ2) is 8.30. The maximum absolute atomic E-state index is 13.2. The highest BCUT2D eigenvalue weighted by molar-refractivity contribution is 5.98. The number of ether oxygens (including phenoxy) is 1. The van der Waals surface area contributed by atoms with Crippen molar-refractivity contribution >= 4 is 22.8 Å². The number of esters is 1. The van der Waals surface area contributed by atoms with Crippen molar-refractivity contribution in [2.75, 3.05) is 7.11 Å². The van der Waals surface area contributed by atoms with E-state index in [1.807, 2.05) is 24.3 Å². The van der Waals surface area contributed by atoms with Gasteiger partial charge in [-0.3, -0.25) is 9.78 Å². The fourth-order valence-corrected chi connectivity index (χ4v) is 2.93. The second-order valence-corrected chi connectivity index (χ2v) is 6.29. The van der Waals surface area contributed by atoms with Crippen LogP contribution in [0.2, 0.25) is 0 Å². The first-order chi connectivity index (χ1) is 13.8. The number of hydrogen-bond donors (Lipinski definition) is 1. The first-order valence-corrected chi connectivity index (χ1v) is 8.69. The van der Waals surface area contributed by atoms with E-state index in [1.165, 1.54) is 12.1 Å². The van der Waals surface area contributed by atoms with Crippen molar-refractivity contribution in [1.29, 1.82) is 0 Å². The first-order valence-electron chi connectivity index (χ1n) is 8.69. The predicted molar refractivity (Wildman–Crippen MR) is 100 cm³/mol. The molecule has 0 unspecified atom stereocenters. The van der Waals surface area contributed by atoms with Crippen LogP contribution in [0.1, 0.15) is 21.6 Å². The lowest BCUT2D eigenvalue weighted by Crippen LogP contribution is -2.43. The van der Waals surface area contributed by atoms with E-state index in [-0.39, 0.29) is 6.42 Å². The number of pyridine rings is 1. The van der Waals surface area contributed by atoms with Crippen molar-refractivity contribution in [3.05, 3.63) is 77.5 Å². The van der Waals surface area contributed by atoms with Gasteiger partial charge in [0.05, 0.1) is 23.8 Å². The lowest BCUT2D eigenvalue weighted by Gasteiger charge is -2.18. The zero-order chi connectivity index (χ0) is 21.0. The van der Waals surface area contributed by atoms with Crippen LogP contribution in [-0.4, -0.2) is 30.0 Å². The third-order valence-electron chi connectivity index (χ3n) is 4.34. The van der Waals surface area contributed by atoms with Gasteiger partial charge in [-0.25, -0.2) is 4.79 Å². The number of rotatable bonds is 5. The van der Waals surface area contributed by atoms with Gasteiger partial charge in [-0.2, -0.15) is 13.2 Å². The highest BCUT2D eigenvalue weighted by Gasteiger charge is 2.35. The highest BCUT2D eigenvalue weighted by atomic mass is 19.4. The van der Waals surface area contributed by atoms with Crippen LogP contribution in [0.5, 0.6) is 0 Å². The number of amides is 1. The normalized spacial score (nSPS) is 12.4. The molecule has 1 atom stereocenters. The van der Waals surface area contributed by atoms with E-state index in [0.717, 1.165) is 24.6 Å². The summed E-state index contributed by atoms with van der Waals surface area (Å²) in [6, 6.07) is 14.0. The summed E-state index contributed by atoms with van der Waals surface area (Å²) in [4.78, 5) is 29.1. The summed E-state index contributed by atoms with van der Waals surface area (Å²) in [6.07, 6.45) is -4.73. The molecular weight excluding hydrogens is 385 g/mol. The van der Waals surface area contributed by atoms with Crippen molar-refractivity contribution in [3.8, 4) is 0 Å². The molecule has 3 aromatic rings. The van der Waals surface area contributed by atoms with Crippen LogP contribution in [0.15, 0.2) is 60.7 Å². The summed E-state index contributed by atoms with van der Waals surface area (Å²) >= 11 is 0. The summed E-state index contributed by atoms with van der Waals surface area (Å²) in [5.41, 5.74) is -0.462. The van der Waals surface area contributed by atoms with Gasteiger partial charge in [0.25, 0.3) is 5.91 Å². The van der Waals surface area contributed by atoms with Crippen molar-refractivity contribution in [1.82, 2.24) is 10.3 Å². The number of carbonyl (C=O) groups is 2. The number of nitrogens with one attached hydrogen (secondary N) is 1. The second-order valence-electron chi connectivity index (χ2n) is 6.29. The molecule has 5 nitrogen and oxygen atoms in total. The molecular formula is C21H17F3N2O3.